The van der Waals surface area contributed by atoms with Gasteiger partial charge in [-0.3, -0.25) is 0 Å². The molecule has 0 radical (unpaired) electrons. The van der Waals surface area contributed by atoms with Crippen LogP contribution >= 0.6 is 0 Å². The van der Waals surface area contributed by atoms with Crippen molar-refractivity contribution in [1.29, 1.82) is 0 Å². The van der Waals surface area contributed by atoms with Crippen LogP contribution in [0.25, 0.3) is 0 Å². The smallest absolute Gasteiger partial charge is 0.0543 e. The van der Waals surface area contributed by atoms with Crippen molar-refractivity contribution in [2.24, 2.45) is 11.3 Å². The van der Waals surface area contributed by atoms with Gasteiger partial charge in [0.1, 0.15) is 0 Å². The molecule has 0 unspecified atom stereocenters. The summed E-state index contributed by atoms with van der Waals surface area (Å²) in [4.78, 5) is 0. The van der Waals surface area contributed by atoms with Crippen LogP contribution in [0, 0.1) is 11.3 Å². The first-order valence-corrected chi connectivity index (χ1v) is 10.9. The maximum absolute atomic E-state index is 5.78. The molecule has 0 N–H and O–H groups in total. The van der Waals surface area contributed by atoms with Crippen LogP contribution in [0.1, 0.15) is 62.0 Å². The number of benzene rings is 2. The zero-order valence-corrected chi connectivity index (χ0v) is 17.6. The SMILES string of the molecule is COCC(CCC(c1ccccc1)c1ccccc1)(COC)C1CCCCC1. The molecule has 0 saturated heterocycles. The predicted molar refractivity (Wildman–Crippen MR) is 117 cm³/mol. The number of ether oxygens (including phenoxy) is 2. The molecule has 0 atom stereocenters. The molecule has 1 aliphatic rings. The minimum absolute atomic E-state index is 0.117. The lowest BCUT2D eigenvalue weighted by Crippen LogP contribution is -2.40. The first-order valence-electron chi connectivity index (χ1n) is 10.9. The minimum Gasteiger partial charge on any atom is -0.384 e. The highest BCUT2D eigenvalue weighted by molar-refractivity contribution is 5.32. The van der Waals surface area contributed by atoms with Gasteiger partial charge in [-0.15, -0.1) is 0 Å². The van der Waals surface area contributed by atoms with Crippen molar-refractivity contribution in [3.8, 4) is 0 Å². The summed E-state index contributed by atoms with van der Waals surface area (Å²) in [6, 6.07) is 21.9. The normalized spacial score (nSPS) is 15.8. The molecule has 2 aromatic carbocycles. The Bertz CT molecular complexity index is 616. The van der Waals surface area contributed by atoms with Crippen molar-refractivity contribution in [1.82, 2.24) is 0 Å². The Labute approximate surface area is 171 Å². The number of rotatable bonds is 10. The van der Waals surface area contributed by atoms with E-state index in [1.807, 2.05) is 14.2 Å². The molecule has 2 nitrogen and oxygen atoms in total. The van der Waals surface area contributed by atoms with Crippen LogP contribution in [0.2, 0.25) is 0 Å². The Morgan fingerprint density at radius 1 is 0.786 bits per heavy atom. The largest absolute Gasteiger partial charge is 0.384 e. The van der Waals surface area contributed by atoms with Crippen LogP contribution in [0.15, 0.2) is 60.7 Å². The summed E-state index contributed by atoms with van der Waals surface area (Å²) < 4.78 is 11.6. The van der Waals surface area contributed by atoms with Gasteiger partial charge in [0.15, 0.2) is 0 Å². The summed E-state index contributed by atoms with van der Waals surface area (Å²) in [5.74, 6) is 1.12. The van der Waals surface area contributed by atoms with Gasteiger partial charge in [-0.2, -0.15) is 0 Å². The quantitative estimate of drug-likeness (QED) is 0.471. The topological polar surface area (TPSA) is 18.5 Å². The predicted octanol–water partition coefficient (Wildman–Crippen LogP) is 6.46. The molecule has 0 heterocycles. The highest BCUT2D eigenvalue weighted by Gasteiger charge is 2.40. The van der Waals surface area contributed by atoms with Gasteiger partial charge in [0, 0.05) is 25.6 Å². The maximum atomic E-state index is 5.78. The summed E-state index contributed by atoms with van der Waals surface area (Å²) >= 11 is 0. The van der Waals surface area contributed by atoms with E-state index < -0.39 is 0 Å². The molecular weight excluding hydrogens is 344 g/mol. The third-order valence-electron chi connectivity index (χ3n) is 6.67. The monoisotopic (exact) mass is 380 g/mol. The van der Waals surface area contributed by atoms with E-state index in [2.05, 4.69) is 60.7 Å². The molecule has 0 aliphatic heterocycles. The van der Waals surface area contributed by atoms with Crippen LogP contribution in [0.3, 0.4) is 0 Å². The summed E-state index contributed by atoms with van der Waals surface area (Å²) in [6.45, 7) is 1.59. The van der Waals surface area contributed by atoms with Crippen molar-refractivity contribution in [3.63, 3.8) is 0 Å². The van der Waals surface area contributed by atoms with Gasteiger partial charge in [-0.1, -0.05) is 79.9 Å². The fraction of sp³-hybridized carbons (Fsp3) is 0.538. The van der Waals surface area contributed by atoms with E-state index in [9.17, 15) is 0 Å². The summed E-state index contributed by atoms with van der Waals surface area (Å²) in [5, 5.41) is 0. The van der Waals surface area contributed by atoms with E-state index in [1.54, 1.807) is 0 Å². The lowest BCUT2D eigenvalue weighted by Gasteiger charge is -2.43. The molecule has 0 aromatic heterocycles. The molecule has 28 heavy (non-hydrogen) atoms. The first-order chi connectivity index (χ1) is 13.8. The average molecular weight is 381 g/mol. The Morgan fingerprint density at radius 3 is 1.75 bits per heavy atom. The summed E-state index contributed by atoms with van der Waals surface area (Å²) in [6.07, 6.45) is 8.96. The molecule has 2 aromatic rings. The van der Waals surface area contributed by atoms with Crippen LogP contribution in [0.5, 0.6) is 0 Å². The van der Waals surface area contributed by atoms with Crippen molar-refractivity contribution < 1.29 is 9.47 Å². The molecular formula is C26H36O2. The van der Waals surface area contributed by atoms with Gasteiger partial charge >= 0.3 is 0 Å². The molecule has 0 amide bonds. The molecule has 3 rings (SSSR count). The zero-order valence-electron chi connectivity index (χ0n) is 17.6. The lowest BCUT2D eigenvalue weighted by atomic mass is 9.66. The fourth-order valence-electron chi connectivity index (χ4n) is 5.24. The third kappa shape index (κ3) is 5.24. The van der Waals surface area contributed by atoms with E-state index in [4.69, 9.17) is 9.47 Å². The first kappa shape index (κ1) is 21.1. The number of hydrogen-bond acceptors (Lipinski definition) is 2. The second kappa shape index (κ2) is 10.8. The van der Waals surface area contributed by atoms with Gasteiger partial charge in [-0.25, -0.2) is 0 Å². The Kier molecular flexibility index (Phi) is 8.12. The molecule has 0 spiro atoms. The highest BCUT2D eigenvalue weighted by Crippen LogP contribution is 2.45. The molecule has 1 saturated carbocycles. The second-order valence-corrected chi connectivity index (χ2v) is 8.48. The fourth-order valence-corrected chi connectivity index (χ4v) is 5.24. The van der Waals surface area contributed by atoms with E-state index in [1.165, 1.54) is 43.2 Å². The second-order valence-electron chi connectivity index (χ2n) is 8.48. The summed E-state index contributed by atoms with van der Waals surface area (Å²) in [7, 11) is 3.69. The van der Waals surface area contributed by atoms with Crippen molar-refractivity contribution in [2.75, 3.05) is 27.4 Å². The molecule has 0 bridgehead atoms. The van der Waals surface area contributed by atoms with Crippen LogP contribution in [0.4, 0.5) is 0 Å². The third-order valence-corrected chi connectivity index (χ3v) is 6.67. The molecule has 2 heteroatoms. The van der Waals surface area contributed by atoms with E-state index >= 15 is 0 Å². The van der Waals surface area contributed by atoms with E-state index in [0.29, 0.717) is 11.8 Å². The molecule has 152 valence electrons. The van der Waals surface area contributed by atoms with Crippen LogP contribution in [-0.4, -0.2) is 27.4 Å². The van der Waals surface area contributed by atoms with Crippen molar-refractivity contribution >= 4 is 0 Å². The van der Waals surface area contributed by atoms with E-state index in [-0.39, 0.29) is 5.41 Å². The van der Waals surface area contributed by atoms with Crippen molar-refractivity contribution in [2.45, 2.75) is 50.9 Å². The Hall–Kier alpha value is -1.64. The van der Waals surface area contributed by atoms with Crippen LogP contribution in [-0.2, 0) is 9.47 Å². The van der Waals surface area contributed by atoms with E-state index in [0.717, 1.165) is 26.1 Å². The van der Waals surface area contributed by atoms with Gasteiger partial charge in [-0.05, 0) is 42.7 Å². The zero-order chi connectivity index (χ0) is 19.7. The minimum atomic E-state index is 0.117. The van der Waals surface area contributed by atoms with Gasteiger partial charge in [0.05, 0.1) is 13.2 Å². The number of hydrogen-bond donors (Lipinski definition) is 0. The van der Waals surface area contributed by atoms with Crippen molar-refractivity contribution in [3.05, 3.63) is 71.8 Å². The maximum Gasteiger partial charge on any atom is 0.0543 e. The standard InChI is InChI=1S/C26H36O2/c1-27-20-26(21-28-2,24-16-10-5-11-17-24)19-18-25(22-12-6-3-7-13-22)23-14-8-4-9-15-23/h3-4,6-9,12-15,24-25H,5,10-11,16-21H2,1-2H3. The molecule has 1 fully saturated rings. The van der Waals surface area contributed by atoms with Crippen LogP contribution < -0.4 is 0 Å². The Balaban J connectivity index is 1.85. The molecule has 1 aliphatic carbocycles. The van der Waals surface area contributed by atoms with Gasteiger partial charge < -0.3 is 9.47 Å². The summed E-state index contributed by atoms with van der Waals surface area (Å²) in [5.41, 5.74) is 2.92. The Morgan fingerprint density at radius 2 is 1.29 bits per heavy atom. The highest BCUT2D eigenvalue weighted by atomic mass is 16.5. The lowest BCUT2D eigenvalue weighted by molar-refractivity contribution is -0.0479. The average Bonchev–Trinajstić information content (AvgIpc) is 2.76. The number of methoxy groups -OCH3 is 2. The van der Waals surface area contributed by atoms with Gasteiger partial charge in [0.2, 0.25) is 0 Å². The van der Waals surface area contributed by atoms with Gasteiger partial charge in [0.25, 0.3) is 0 Å².